The molecule has 2 N–H and O–H groups in total. The lowest BCUT2D eigenvalue weighted by atomic mass is 10.3. The number of rotatable bonds is 7. The van der Waals surface area contributed by atoms with E-state index in [-0.39, 0.29) is 5.75 Å². The molecule has 1 aliphatic heterocycles. The van der Waals surface area contributed by atoms with Crippen LogP contribution >= 0.6 is 11.8 Å². The van der Waals surface area contributed by atoms with Crippen LogP contribution in [-0.4, -0.2) is 66.7 Å². The quantitative estimate of drug-likeness (QED) is 0.536. The Bertz CT molecular complexity index is 636. The fourth-order valence-corrected chi connectivity index (χ4v) is 4.91. The lowest BCUT2D eigenvalue weighted by molar-refractivity contribution is 0.443. The maximum atomic E-state index is 12.3. The highest BCUT2D eigenvalue weighted by molar-refractivity contribution is 7.99. The van der Waals surface area contributed by atoms with Gasteiger partial charge in [-0.25, -0.2) is 17.7 Å². The van der Waals surface area contributed by atoms with Crippen LogP contribution < -0.4 is 10.6 Å². The van der Waals surface area contributed by atoms with E-state index >= 15 is 0 Å². The summed E-state index contributed by atoms with van der Waals surface area (Å²) in [5, 5.41) is 6.26. The van der Waals surface area contributed by atoms with Gasteiger partial charge in [0.25, 0.3) is 0 Å². The smallest absolute Gasteiger partial charge is 0.215 e. The minimum atomic E-state index is -3.19. The van der Waals surface area contributed by atoms with E-state index in [2.05, 4.69) is 15.6 Å². The molecule has 24 heavy (non-hydrogen) atoms. The van der Waals surface area contributed by atoms with Gasteiger partial charge in [-0.3, -0.25) is 0 Å². The zero-order valence-electron chi connectivity index (χ0n) is 14.4. The van der Waals surface area contributed by atoms with Crippen LogP contribution in [-0.2, 0) is 23.6 Å². The molecule has 0 spiro atoms. The largest absolute Gasteiger partial charge is 0.357 e. The monoisotopic (exact) mass is 373 g/mol. The van der Waals surface area contributed by atoms with Gasteiger partial charge in [-0.1, -0.05) is 0 Å². The van der Waals surface area contributed by atoms with Crippen LogP contribution in [0.1, 0.15) is 12.5 Å². The second kappa shape index (κ2) is 9.33. The van der Waals surface area contributed by atoms with Crippen LogP contribution in [0, 0.1) is 0 Å². The van der Waals surface area contributed by atoms with Crippen LogP contribution in [0.3, 0.4) is 0 Å². The number of sulfonamides is 1. The molecular weight excluding hydrogens is 346 g/mol. The fourth-order valence-electron chi connectivity index (χ4n) is 2.42. The number of hydrogen-bond acceptors (Lipinski definition) is 4. The molecule has 0 bridgehead atoms. The van der Waals surface area contributed by atoms with Gasteiger partial charge >= 0.3 is 0 Å². The molecule has 1 aromatic heterocycles. The third-order valence-electron chi connectivity index (χ3n) is 3.67. The lowest BCUT2D eigenvalue weighted by Crippen LogP contribution is -2.44. The Morgan fingerprint density at radius 2 is 2.08 bits per heavy atom. The number of hydrogen-bond donors (Lipinski definition) is 2. The van der Waals surface area contributed by atoms with Gasteiger partial charge in [0, 0.05) is 57.1 Å². The molecule has 0 radical (unpaired) electrons. The normalized spacial score (nSPS) is 17.0. The van der Waals surface area contributed by atoms with Crippen molar-refractivity contribution >= 4 is 27.7 Å². The standard InChI is InChI=1S/C15H27N5O2S2/c1-3-16-15(18-12-14-4-6-19(2)13-14)17-5-11-24(21,22)20-7-9-23-10-8-20/h4,6,13H,3,5,7-12H2,1-2H3,(H2,16,17,18). The molecule has 1 aliphatic rings. The minimum absolute atomic E-state index is 0.0907. The van der Waals surface area contributed by atoms with Gasteiger partial charge in [0.1, 0.15) is 0 Å². The van der Waals surface area contributed by atoms with Crippen molar-refractivity contribution in [3.63, 3.8) is 0 Å². The molecule has 1 saturated heterocycles. The first-order valence-corrected chi connectivity index (χ1v) is 11.0. The van der Waals surface area contributed by atoms with Crippen LogP contribution in [0.25, 0.3) is 0 Å². The van der Waals surface area contributed by atoms with Crippen molar-refractivity contribution in [3.05, 3.63) is 24.0 Å². The van der Waals surface area contributed by atoms with Crippen molar-refractivity contribution in [2.45, 2.75) is 13.5 Å². The molecule has 9 heteroatoms. The van der Waals surface area contributed by atoms with E-state index in [1.807, 2.05) is 37.0 Å². The molecule has 0 amide bonds. The zero-order chi connectivity index (χ0) is 17.4. The molecular formula is C15H27N5O2S2. The van der Waals surface area contributed by atoms with Crippen molar-refractivity contribution in [2.75, 3.05) is 43.4 Å². The molecule has 2 heterocycles. The molecule has 1 fully saturated rings. The molecule has 0 saturated carbocycles. The second-order valence-electron chi connectivity index (χ2n) is 5.63. The van der Waals surface area contributed by atoms with Crippen LogP contribution in [0.2, 0.25) is 0 Å². The summed E-state index contributed by atoms with van der Waals surface area (Å²) in [6, 6.07) is 2.02. The highest BCUT2D eigenvalue weighted by Crippen LogP contribution is 2.12. The third kappa shape index (κ3) is 6.03. The predicted molar refractivity (Wildman–Crippen MR) is 101 cm³/mol. The lowest BCUT2D eigenvalue weighted by Gasteiger charge is -2.25. The number of guanidine groups is 1. The summed E-state index contributed by atoms with van der Waals surface area (Å²) in [4.78, 5) is 4.50. The van der Waals surface area contributed by atoms with Gasteiger partial charge < -0.3 is 15.2 Å². The molecule has 0 aliphatic carbocycles. The molecule has 0 atom stereocenters. The summed E-state index contributed by atoms with van der Waals surface area (Å²) in [7, 11) is -1.21. The summed E-state index contributed by atoms with van der Waals surface area (Å²) in [5.41, 5.74) is 1.12. The summed E-state index contributed by atoms with van der Waals surface area (Å²) in [6.45, 7) is 4.88. The SMILES string of the molecule is CCNC(=NCc1ccn(C)c1)NCCS(=O)(=O)N1CCSCC1. The van der Waals surface area contributed by atoms with Crippen molar-refractivity contribution in [3.8, 4) is 0 Å². The van der Waals surface area contributed by atoms with Crippen molar-refractivity contribution in [1.29, 1.82) is 0 Å². The van der Waals surface area contributed by atoms with Gasteiger partial charge in [-0.15, -0.1) is 0 Å². The number of thioether (sulfide) groups is 1. The Labute approximate surface area is 148 Å². The molecule has 7 nitrogen and oxygen atoms in total. The number of aryl methyl sites for hydroxylation is 1. The Morgan fingerprint density at radius 1 is 1.33 bits per heavy atom. The van der Waals surface area contributed by atoms with E-state index in [1.165, 1.54) is 0 Å². The zero-order valence-corrected chi connectivity index (χ0v) is 16.0. The van der Waals surface area contributed by atoms with Gasteiger partial charge in [-0.05, 0) is 18.6 Å². The Kier molecular flexibility index (Phi) is 7.44. The van der Waals surface area contributed by atoms with Gasteiger partial charge in [-0.2, -0.15) is 11.8 Å². The van der Waals surface area contributed by atoms with Crippen molar-refractivity contribution in [2.24, 2.45) is 12.0 Å². The third-order valence-corrected chi connectivity index (χ3v) is 6.49. The first-order valence-electron chi connectivity index (χ1n) is 8.20. The highest BCUT2D eigenvalue weighted by Gasteiger charge is 2.23. The Balaban J connectivity index is 1.84. The minimum Gasteiger partial charge on any atom is -0.357 e. The van der Waals surface area contributed by atoms with E-state index in [0.29, 0.717) is 32.1 Å². The van der Waals surface area contributed by atoms with E-state index in [9.17, 15) is 8.42 Å². The first kappa shape index (κ1) is 19.1. The van der Waals surface area contributed by atoms with Gasteiger partial charge in [0.15, 0.2) is 5.96 Å². The van der Waals surface area contributed by atoms with E-state index in [1.54, 1.807) is 16.1 Å². The average molecular weight is 374 g/mol. The van der Waals surface area contributed by atoms with Crippen molar-refractivity contribution in [1.82, 2.24) is 19.5 Å². The second-order valence-corrected chi connectivity index (χ2v) is 8.95. The maximum absolute atomic E-state index is 12.3. The highest BCUT2D eigenvalue weighted by atomic mass is 32.2. The van der Waals surface area contributed by atoms with E-state index in [4.69, 9.17) is 0 Å². The fraction of sp³-hybridized carbons (Fsp3) is 0.667. The summed E-state index contributed by atoms with van der Waals surface area (Å²) in [6.07, 6.45) is 4.00. The first-order chi connectivity index (χ1) is 11.5. The van der Waals surface area contributed by atoms with Crippen LogP contribution in [0.15, 0.2) is 23.5 Å². The summed E-state index contributed by atoms with van der Waals surface area (Å²) < 4.78 is 28.2. The van der Waals surface area contributed by atoms with Gasteiger partial charge in [0.05, 0.1) is 12.3 Å². The van der Waals surface area contributed by atoms with E-state index in [0.717, 1.165) is 23.6 Å². The Hall–Kier alpha value is -1.19. The molecule has 136 valence electrons. The molecule has 0 unspecified atom stereocenters. The van der Waals surface area contributed by atoms with Gasteiger partial charge in [0.2, 0.25) is 10.0 Å². The number of aromatic nitrogens is 1. The number of aliphatic imine (C=N–C) groups is 1. The molecule has 0 aromatic carbocycles. The number of nitrogens with one attached hydrogen (secondary N) is 2. The van der Waals surface area contributed by atoms with Crippen molar-refractivity contribution < 1.29 is 8.42 Å². The van der Waals surface area contributed by atoms with E-state index < -0.39 is 10.0 Å². The molecule has 1 aromatic rings. The maximum Gasteiger partial charge on any atom is 0.215 e. The molecule has 2 rings (SSSR count). The van der Waals surface area contributed by atoms with Crippen LogP contribution in [0.4, 0.5) is 0 Å². The summed E-state index contributed by atoms with van der Waals surface area (Å²) in [5.74, 6) is 2.50. The topological polar surface area (TPSA) is 78.7 Å². The predicted octanol–water partition coefficient (Wildman–Crippen LogP) is 0.459. The summed E-state index contributed by atoms with van der Waals surface area (Å²) >= 11 is 1.80. The number of nitrogens with zero attached hydrogens (tertiary/aromatic N) is 3. The Morgan fingerprint density at radius 3 is 2.71 bits per heavy atom. The average Bonchev–Trinajstić information content (AvgIpc) is 2.99. The van der Waals surface area contributed by atoms with Crippen LogP contribution in [0.5, 0.6) is 0 Å².